The fourth-order valence-corrected chi connectivity index (χ4v) is 3.54. The summed E-state index contributed by atoms with van der Waals surface area (Å²) in [6.45, 7) is 0. The average Bonchev–Trinajstić information content (AvgIpc) is 2.83. The summed E-state index contributed by atoms with van der Waals surface area (Å²) in [4.78, 5) is 1.32. The second-order valence-electron chi connectivity index (χ2n) is 4.10. The van der Waals surface area contributed by atoms with Crippen molar-refractivity contribution in [2.24, 2.45) is 0 Å². The molecule has 5 nitrogen and oxygen atoms in total. The third kappa shape index (κ3) is 8.27. The smallest absolute Gasteiger partial charge is 0.164 e. The maximum atomic E-state index is 8.49. The summed E-state index contributed by atoms with van der Waals surface area (Å²) in [6.07, 6.45) is 4.26. The van der Waals surface area contributed by atoms with Crippen molar-refractivity contribution in [1.29, 1.82) is 0 Å². The third-order valence-corrected chi connectivity index (χ3v) is 4.26. The molecule has 0 bridgehead atoms. The third-order valence-electron chi connectivity index (χ3n) is 2.18. The van der Waals surface area contributed by atoms with E-state index in [9.17, 15) is 0 Å². The molecule has 0 unspecified atom stereocenters. The molecule has 0 atom stereocenters. The molecule has 21 heavy (non-hydrogen) atoms. The van der Waals surface area contributed by atoms with Crippen LogP contribution >= 0.6 is 21.6 Å². The van der Waals surface area contributed by atoms with Crippen molar-refractivity contribution in [3.63, 3.8) is 0 Å². The van der Waals surface area contributed by atoms with Crippen LogP contribution in [-0.2, 0) is 0 Å². The molecule has 8 heteroatoms. The summed E-state index contributed by atoms with van der Waals surface area (Å²) < 4.78 is 36.0. The van der Waals surface area contributed by atoms with Gasteiger partial charge in [-0.1, -0.05) is 51.9 Å². The van der Waals surface area contributed by atoms with Gasteiger partial charge in [-0.05, 0) is 11.0 Å². The summed E-state index contributed by atoms with van der Waals surface area (Å²) in [7, 11) is 2.73. The molecule has 1 heterocycles. The molecule has 1 aromatic carbocycles. The molecular formula is C13H14ClNO4S2. The van der Waals surface area contributed by atoms with Gasteiger partial charge in [0.1, 0.15) is 14.1 Å². The standard InChI is InChI=1S/C13H14NS2.ClHO4/c1-14(2)9-8-13-12(10-15-16-13)11-6-4-3-5-7-11;2-1(3,4)5/h3-10H,1-2H3;(H,2,3,4,5)/q+1;/p-1/b13-8-;. The molecule has 2 rings (SSSR count). The van der Waals surface area contributed by atoms with Crippen molar-refractivity contribution in [3.8, 4) is 0 Å². The van der Waals surface area contributed by atoms with Gasteiger partial charge in [-0.3, -0.25) is 0 Å². The summed E-state index contributed by atoms with van der Waals surface area (Å²) in [6, 6.07) is 10.5. The average molecular weight is 348 g/mol. The zero-order valence-electron chi connectivity index (χ0n) is 11.4. The Labute approximate surface area is 133 Å². The van der Waals surface area contributed by atoms with Crippen molar-refractivity contribution in [1.82, 2.24) is 0 Å². The van der Waals surface area contributed by atoms with Gasteiger partial charge < -0.3 is 0 Å². The van der Waals surface area contributed by atoms with Gasteiger partial charge >= 0.3 is 0 Å². The SMILES string of the molecule is C[N+](C)=C/C=C1\SSC=C1c1ccccc1.[O-][Cl+3]([O-])([O-])[O-]. The van der Waals surface area contributed by atoms with Gasteiger partial charge in [0.05, 0.1) is 0 Å². The molecule has 0 aromatic heterocycles. The summed E-state index contributed by atoms with van der Waals surface area (Å²) in [5.41, 5.74) is 2.62. The Balaban J connectivity index is 0.000000383. The zero-order valence-corrected chi connectivity index (χ0v) is 13.8. The number of nitrogens with zero attached hydrogens (tertiary/aromatic N) is 1. The number of rotatable bonds is 2. The van der Waals surface area contributed by atoms with E-state index in [1.54, 1.807) is 10.8 Å². The molecule has 0 spiro atoms. The lowest BCUT2D eigenvalue weighted by molar-refractivity contribution is -2.00. The van der Waals surface area contributed by atoms with Crippen LogP contribution in [0.15, 0.2) is 46.7 Å². The van der Waals surface area contributed by atoms with Crippen molar-refractivity contribution in [2.75, 3.05) is 14.1 Å². The summed E-state index contributed by atoms with van der Waals surface area (Å²) in [5, 5.41) is 2.22. The molecule has 0 N–H and O–H groups in total. The predicted octanol–water partition coefficient (Wildman–Crippen LogP) is -1.11. The van der Waals surface area contributed by atoms with Crippen LogP contribution in [0, 0.1) is 10.2 Å². The van der Waals surface area contributed by atoms with E-state index in [1.165, 1.54) is 16.0 Å². The van der Waals surface area contributed by atoms with Crippen LogP contribution < -0.4 is 18.6 Å². The summed E-state index contributed by atoms with van der Waals surface area (Å²) >= 11 is 0. The van der Waals surface area contributed by atoms with Crippen LogP contribution in [-0.4, -0.2) is 24.9 Å². The molecular weight excluding hydrogens is 334 g/mol. The highest BCUT2D eigenvalue weighted by Crippen LogP contribution is 2.47. The normalized spacial score (nSPS) is 16.1. The van der Waals surface area contributed by atoms with E-state index in [4.69, 9.17) is 18.6 Å². The first-order valence-electron chi connectivity index (χ1n) is 5.70. The van der Waals surface area contributed by atoms with Crippen molar-refractivity contribution >= 4 is 33.4 Å². The van der Waals surface area contributed by atoms with Gasteiger partial charge in [0.15, 0.2) is 6.21 Å². The zero-order chi connectivity index (χ0) is 15.9. The highest BCUT2D eigenvalue weighted by atomic mass is 35.7. The maximum Gasteiger partial charge on any atom is 0.164 e. The van der Waals surface area contributed by atoms with Gasteiger partial charge in [-0.25, -0.2) is 23.2 Å². The molecule has 0 saturated carbocycles. The fourth-order valence-electron chi connectivity index (χ4n) is 1.39. The second-order valence-corrected chi connectivity index (χ2v) is 6.97. The second kappa shape index (κ2) is 8.60. The first-order chi connectivity index (χ1) is 9.77. The first-order valence-corrected chi connectivity index (χ1v) is 9.15. The number of halogens is 1. The first kappa shape index (κ1) is 18.2. The van der Waals surface area contributed by atoms with E-state index >= 15 is 0 Å². The topological polar surface area (TPSA) is 95.2 Å². The van der Waals surface area contributed by atoms with Gasteiger partial charge in [-0.2, -0.15) is 0 Å². The molecule has 0 saturated heterocycles. The monoisotopic (exact) mass is 347 g/mol. The highest BCUT2D eigenvalue weighted by Gasteiger charge is 2.14. The predicted molar refractivity (Wildman–Crippen MR) is 75.9 cm³/mol. The quantitative estimate of drug-likeness (QED) is 0.382. The Morgan fingerprint density at radius 1 is 1.05 bits per heavy atom. The molecule has 0 aliphatic carbocycles. The molecule has 1 aliphatic heterocycles. The van der Waals surface area contributed by atoms with Gasteiger partial charge in [-0.15, -0.1) is 10.2 Å². The minimum Gasteiger partial charge on any atom is -0.241 e. The largest absolute Gasteiger partial charge is 0.241 e. The minimum atomic E-state index is -4.94. The van der Waals surface area contributed by atoms with Crippen molar-refractivity contribution in [3.05, 3.63) is 52.3 Å². The molecule has 1 aromatic rings. The van der Waals surface area contributed by atoms with E-state index in [2.05, 4.69) is 52.6 Å². The van der Waals surface area contributed by atoms with Crippen LogP contribution in [0.25, 0.3) is 5.57 Å². The van der Waals surface area contributed by atoms with Gasteiger partial charge in [0.25, 0.3) is 0 Å². The Morgan fingerprint density at radius 2 is 1.62 bits per heavy atom. The molecule has 0 radical (unpaired) electrons. The van der Waals surface area contributed by atoms with Crippen LogP contribution in [0.3, 0.4) is 0 Å². The number of hydrogen-bond acceptors (Lipinski definition) is 6. The minimum absolute atomic E-state index is 1.29. The van der Waals surface area contributed by atoms with Crippen LogP contribution in [0.4, 0.5) is 0 Å². The Bertz CT molecular complexity index is 543. The maximum absolute atomic E-state index is 8.49. The number of allylic oxidation sites excluding steroid dienone is 2. The molecule has 1 aliphatic rings. The number of benzene rings is 1. The Hall–Kier alpha value is -0.800. The van der Waals surface area contributed by atoms with Crippen molar-refractivity contribution < 1.29 is 33.5 Å². The lowest BCUT2D eigenvalue weighted by Gasteiger charge is -2.17. The van der Waals surface area contributed by atoms with Crippen LogP contribution in [0.2, 0.25) is 0 Å². The highest BCUT2D eigenvalue weighted by molar-refractivity contribution is 8.80. The van der Waals surface area contributed by atoms with Crippen molar-refractivity contribution in [2.45, 2.75) is 0 Å². The van der Waals surface area contributed by atoms with E-state index in [1.807, 2.05) is 24.9 Å². The molecule has 114 valence electrons. The Kier molecular flexibility index (Phi) is 7.47. The van der Waals surface area contributed by atoms with E-state index in [0.717, 1.165) is 0 Å². The summed E-state index contributed by atoms with van der Waals surface area (Å²) in [5.74, 6) is 0. The Morgan fingerprint density at radius 3 is 2.14 bits per heavy atom. The molecule has 0 amide bonds. The van der Waals surface area contributed by atoms with E-state index < -0.39 is 10.2 Å². The van der Waals surface area contributed by atoms with Gasteiger partial charge in [0.2, 0.25) is 0 Å². The van der Waals surface area contributed by atoms with E-state index in [-0.39, 0.29) is 0 Å². The lowest BCUT2D eigenvalue weighted by Crippen LogP contribution is -2.68. The van der Waals surface area contributed by atoms with Crippen LogP contribution in [0.5, 0.6) is 0 Å². The molecule has 0 fully saturated rings. The lowest BCUT2D eigenvalue weighted by atomic mass is 10.1. The fraction of sp³-hybridized carbons (Fsp3) is 0.154. The van der Waals surface area contributed by atoms with Crippen LogP contribution in [0.1, 0.15) is 5.56 Å². The number of hydrogen-bond donors (Lipinski definition) is 0. The van der Waals surface area contributed by atoms with E-state index in [0.29, 0.717) is 0 Å². The van der Waals surface area contributed by atoms with Gasteiger partial charge in [0, 0.05) is 16.6 Å².